The van der Waals surface area contributed by atoms with E-state index in [1.807, 2.05) is 0 Å². The molecule has 0 atom stereocenters. The van der Waals surface area contributed by atoms with Crippen LogP contribution in [0.4, 0.5) is 4.39 Å². The first-order valence-electron chi connectivity index (χ1n) is 8.47. The number of amides is 1. The van der Waals surface area contributed by atoms with Gasteiger partial charge in [0.2, 0.25) is 5.91 Å². The van der Waals surface area contributed by atoms with Crippen LogP contribution in [-0.4, -0.2) is 27.4 Å². The normalized spacial score (nSPS) is 16.5. The molecule has 1 saturated carbocycles. The molecule has 8 heteroatoms. The van der Waals surface area contributed by atoms with Crippen molar-refractivity contribution in [2.75, 3.05) is 13.1 Å². The van der Waals surface area contributed by atoms with Crippen LogP contribution in [0.5, 0.6) is 0 Å². The van der Waals surface area contributed by atoms with Crippen molar-refractivity contribution in [1.82, 2.24) is 10.0 Å². The maximum atomic E-state index is 13.2. The highest BCUT2D eigenvalue weighted by Gasteiger charge is 2.35. The van der Waals surface area contributed by atoms with E-state index in [9.17, 15) is 17.6 Å². The molecule has 0 radical (unpaired) electrons. The molecule has 1 aliphatic carbocycles. The van der Waals surface area contributed by atoms with Crippen molar-refractivity contribution >= 4 is 27.3 Å². The van der Waals surface area contributed by atoms with Crippen molar-refractivity contribution in [1.29, 1.82) is 0 Å². The second kappa shape index (κ2) is 7.85. The summed E-state index contributed by atoms with van der Waals surface area (Å²) in [5.74, 6) is -0.660. The van der Waals surface area contributed by atoms with Crippen molar-refractivity contribution in [2.45, 2.75) is 35.3 Å². The maximum Gasteiger partial charge on any atom is 0.250 e. The molecule has 1 aliphatic rings. The van der Waals surface area contributed by atoms with Crippen LogP contribution in [0.25, 0.3) is 0 Å². The number of carbonyl (C=O) groups is 1. The number of sulfonamides is 1. The van der Waals surface area contributed by atoms with E-state index in [0.717, 1.165) is 42.6 Å². The van der Waals surface area contributed by atoms with Gasteiger partial charge in [-0.2, -0.15) is 0 Å². The van der Waals surface area contributed by atoms with Gasteiger partial charge in [0.15, 0.2) is 0 Å². The number of benzene rings is 1. The fourth-order valence-corrected chi connectivity index (χ4v) is 5.42. The maximum absolute atomic E-state index is 13.2. The van der Waals surface area contributed by atoms with Crippen molar-refractivity contribution in [2.24, 2.45) is 0 Å². The van der Waals surface area contributed by atoms with Gasteiger partial charge in [0, 0.05) is 12.0 Å². The van der Waals surface area contributed by atoms with Gasteiger partial charge in [0.25, 0.3) is 10.0 Å². The van der Waals surface area contributed by atoms with E-state index in [1.165, 1.54) is 18.2 Å². The van der Waals surface area contributed by atoms with Crippen LogP contribution in [0.15, 0.2) is 46.0 Å². The second-order valence-corrected chi connectivity index (χ2v) is 9.47. The molecule has 3 rings (SSSR count). The van der Waals surface area contributed by atoms with Crippen LogP contribution in [0, 0.1) is 5.82 Å². The summed E-state index contributed by atoms with van der Waals surface area (Å²) < 4.78 is 39.8. The summed E-state index contributed by atoms with van der Waals surface area (Å²) in [6.07, 6.45) is 3.94. The average Bonchev–Trinajstić information content (AvgIpc) is 3.31. The monoisotopic (exact) mass is 396 g/mol. The molecule has 1 aromatic carbocycles. The van der Waals surface area contributed by atoms with Crippen LogP contribution in [0.1, 0.15) is 31.2 Å². The van der Waals surface area contributed by atoms with Crippen LogP contribution in [0.3, 0.4) is 0 Å². The average molecular weight is 397 g/mol. The Morgan fingerprint density at radius 3 is 2.46 bits per heavy atom. The van der Waals surface area contributed by atoms with E-state index in [2.05, 4.69) is 10.0 Å². The van der Waals surface area contributed by atoms with Crippen molar-refractivity contribution in [3.63, 3.8) is 0 Å². The molecule has 5 nitrogen and oxygen atoms in total. The van der Waals surface area contributed by atoms with Gasteiger partial charge in [-0.3, -0.25) is 4.79 Å². The fourth-order valence-electron chi connectivity index (χ4n) is 3.40. The fraction of sp³-hybridized carbons (Fsp3) is 0.389. The van der Waals surface area contributed by atoms with Crippen LogP contribution in [-0.2, 0) is 20.2 Å². The van der Waals surface area contributed by atoms with Crippen LogP contribution < -0.4 is 10.0 Å². The minimum Gasteiger partial charge on any atom is -0.354 e. The molecule has 1 fully saturated rings. The molecule has 2 aromatic rings. The lowest BCUT2D eigenvalue weighted by molar-refractivity contribution is -0.120. The zero-order chi connectivity index (χ0) is 18.6. The quantitative estimate of drug-likeness (QED) is 0.756. The Morgan fingerprint density at radius 1 is 1.15 bits per heavy atom. The summed E-state index contributed by atoms with van der Waals surface area (Å²) in [5, 5.41) is 4.51. The highest BCUT2D eigenvalue weighted by molar-refractivity contribution is 7.91. The van der Waals surface area contributed by atoms with Crippen molar-refractivity contribution in [3.8, 4) is 0 Å². The number of halogens is 1. The van der Waals surface area contributed by atoms with Gasteiger partial charge in [0.1, 0.15) is 10.0 Å². The van der Waals surface area contributed by atoms with Crippen LogP contribution >= 0.6 is 11.3 Å². The number of rotatable bonds is 7. The summed E-state index contributed by atoms with van der Waals surface area (Å²) in [6.45, 7) is 0.109. The summed E-state index contributed by atoms with van der Waals surface area (Å²) in [7, 11) is -3.66. The minimum atomic E-state index is -3.66. The third-order valence-corrected chi connectivity index (χ3v) is 7.62. The largest absolute Gasteiger partial charge is 0.354 e. The lowest BCUT2D eigenvalue weighted by Crippen LogP contribution is -2.43. The Labute approximate surface area is 156 Å². The lowest BCUT2D eigenvalue weighted by atomic mass is 9.79. The zero-order valence-electron chi connectivity index (χ0n) is 14.2. The first-order valence-corrected chi connectivity index (χ1v) is 10.8. The molecule has 1 heterocycles. The molecule has 1 amide bonds. The predicted octanol–water partition coefficient (Wildman–Crippen LogP) is 2.79. The Morgan fingerprint density at radius 2 is 1.85 bits per heavy atom. The van der Waals surface area contributed by atoms with E-state index < -0.39 is 10.0 Å². The third-order valence-electron chi connectivity index (χ3n) is 4.82. The number of carbonyl (C=O) groups excluding carboxylic acids is 1. The van der Waals surface area contributed by atoms with Crippen molar-refractivity contribution in [3.05, 3.63) is 53.2 Å². The molecule has 0 bridgehead atoms. The van der Waals surface area contributed by atoms with E-state index >= 15 is 0 Å². The molecular weight excluding hydrogens is 375 g/mol. The van der Waals surface area contributed by atoms with Gasteiger partial charge in [0.05, 0.1) is 6.54 Å². The molecule has 140 valence electrons. The second-order valence-electron chi connectivity index (χ2n) is 6.53. The van der Waals surface area contributed by atoms with Gasteiger partial charge in [-0.1, -0.05) is 31.0 Å². The predicted molar refractivity (Wildman–Crippen MR) is 99.1 cm³/mol. The molecular formula is C18H21FN2O3S2. The SMILES string of the molecule is O=C(CNS(=O)(=O)c1cccs1)NCC1(c2ccc(F)cc2)CCCC1. The van der Waals surface area contributed by atoms with E-state index in [1.54, 1.807) is 23.6 Å². The Hall–Kier alpha value is -1.77. The molecule has 0 unspecified atom stereocenters. The summed E-state index contributed by atoms with van der Waals surface area (Å²) in [4.78, 5) is 12.1. The molecule has 0 aliphatic heterocycles. The topological polar surface area (TPSA) is 75.3 Å². The summed E-state index contributed by atoms with van der Waals surface area (Å²) >= 11 is 1.10. The Balaban J connectivity index is 1.59. The first kappa shape index (κ1) is 19.0. The standard InChI is InChI=1S/C18H21FN2O3S2/c19-15-7-5-14(6-8-15)18(9-1-2-10-18)13-20-16(22)12-21-26(23,24)17-4-3-11-25-17/h3-8,11,21H,1-2,9-10,12-13H2,(H,20,22). The van der Waals surface area contributed by atoms with E-state index in [4.69, 9.17) is 0 Å². The lowest BCUT2D eigenvalue weighted by Gasteiger charge is -2.30. The van der Waals surface area contributed by atoms with E-state index in [-0.39, 0.29) is 27.9 Å². The number of hydrogen-bond donors (Lipinski definition) is 2. The van der Waals surface area contributed by atoms with Gasteiger partial charge in [-0.15, -0.1) is 11.3 Å². The van der Waals surface area contributed by atoms with Crippen LogP contribution in [0.2, 0.25) is 0 Å². The van der Waals surface area contributed by atoms with Gasteiger partial charge in [-0.05, 0) is 42.0 Å². The van der Waals surface area contributed by atoms with Gasteiger partial charge >= 0.3 is 0 Å². The van der Waals surface area contributed by atoms with E-state index in [0.29, 0.717) is 6.54 Å². The first-order chi connectivity index (χ1) is 12.4. The molecule has 0 spiro atoms. The number of hydrogen-bond acceptors (Lipinski definition) is 4. The highest BCUT2D eigenvalue weighted by atomic mass is 32.2. The Bertz CT molecular complexity index is 843. The molecule has 1 aromatic heterocycles. The summed E-state index contributed by atoms with van der Waals surface area (Å²) in [6, 6.07) is 9.55. The minimum absolute atomic E-state index is 0.184. The molecule has 0 saturated heterocycles. The zero-order valence-corrected chi connectivity index (χ0v) is 15.8. The molecule has 2 N–H and O–H groups in total. The smallest absolute Gasteiger partial charge is 0.250 e. The van der Waals surface area contributed by atoms with Crippen molar-refractivity contribution < 1.29 is 17.6 Å². The Kier molecular flexibility index (Phi) is 5.74. The van der Waals surface area contributed by atoms with Gasteiger partial charge in [-0.25, -0.2) is 17.5 Å². The highest BCUT2D eigenvalue weighted by Crippen LogP contribution is 2.40. The number of nitrogens with one attached hydrogen (secondary N) is 2. The summed E-state index contributed by atoms with van der Waals surface area (Å²) in [5.41, 5.74) is 0.798. The third kappa shape index (κ3) is 4.31. The van der Waals surface area contributed by atoms with Gasteiger partial charge < -0.3 is 5.32 Å². The molecule has 26 heavy (non-hydrogen) atoms. The number of thiophene rings is 1.